The van der Waals surface area contributed by atoms with E-state index in [1.807, 2.05) is 27.9 Å². The Morgan fingerprint density at radius 2 is 1.71 bits per heavy atom. The molecule has 2 fully saturated rings. The number of carbonyl (C=O) groups is 2. The molecular weight excluding hydrogens is 558 g/mol. The quantitative estimate of drug-likeness (QED) is 0.297. The molecule has 1 aliphatic carbocycles. The first-order valence-electron chi connectivity index (χ1n) is 13.2. The van der Waals surface area contributed by atoms with Crippen LogP contribution in [0.4, 0.5) is 0 Å². The van der Waals surface area contributed by atoms with Crippen molar-refractivity contribution in [3.63, 3.8) is 0 Å². The van der Waals surface area contributed by atoms with Gasteiger partial charge >= 0.3 is 0 Å². The van der Waals surface area contributed by atoms with E-state index in [1.54, 1.807) is 13.0 Å². The predicted molar refractivity (Wildman–Crippen MR) is 150 cm³/mol. The lowest BCUT2D eigenvalue weighted by molar-refractivity contribution is -0.231. The van der Waals surface area contributed by atoms with E-state index >= 15 is 0 Å². The molecule has 11 nitrogen and oxygen atoms in total. The molecule has 0 saturated carbocycles. The number of benzene rings is 2. The fourth-order valence-corrected chi connectivity index (χ4v) is 5.13. The number of fused-ring (bicyclic) bond motifs is 3. The fraction of sp³-hybridized carbons (Fsp3) is 0.517. The average molecular weight is 596 g/mol. The highest BCUT2D eigenvalue weighted by atomic mass is 35.5. The molecule has 5 unspecified atom stereocenters. The molecule has 2 saturated heterocycles. The van der Waals surface area contributed by atoms with Gasteiger partial charge in [0.15, 0.2) is 17.9 Å². The van der Waals surface area contributed by atoms with Crippen LogP contribution in [0.3, 0.4) is 0 Å². The molecule has 0 radical (unpaired) electrons. The van der Waals surface area contributed by atoms with E-state index in [-0.39, 0.29) is 64.7 Å². The van der Waals surface area contributed by atoms with E-state index < -0.39 is 36.2 Å². The number of hydrogen-bond donors (Lipinski definition) is 4. The van der Waals surface area contributed by atoms with Crippen LogP contribution < -0.4 is 0 Å². The number of phenolic OH excluding ortho intramolecular Hbond substituents is 2. The van der Waals surface area contributed by atoms with Crippen LogP contribution in [0.5, 0.6) is 11.5 Å². The van der Waals surface area contributed by atoms with Gasteiger partial charge in [0, 0.05) is 17.7 Å². The summed E-state index contributed by atoms with van der Waals surface area (Å²) in [7, 11) is 4.01. The molecule has 226 valence electrons. The van der Waals surface area contributed by atoms with E-state index in [0.29, 0.717) is 12.2 Å². The largest absolute Gasteiger partial charge is 0.507 e. The summed E-state index contributed by atoms with van der Waals surface area (Å²) in [5, 5.41) is 38.7. The number of aliphatic hydroxyl groups is 2. The average Bonchev–Trinajstić information content (AvgIpc) is 3.36. The van der Waals surface area contributed by atoms with Crippen LogP contribution in [0.2, 0.25) is 0 Å². The van der Waals surface area contributed by atoms with Crippen LogP contribution in [-0.2, 0) is 18.9 Å². The predicted octanol–water partition coefficient (Wildman–Crippen LogP) is 2.16. The summed E-state index contributed by atoms with van der Waals surface area (Å²) in [4.78, 5) is 26.7. The monoisotopic (exact) mass is 595 g/mol. The third kappa shape index (κ3) is 6.90. The molecule has 2 aromatic rings. The summed E-state index contributed by atoms with van der Waals surface area (Å²) in [6.45, 7) is 6.43. The van der Waals surface area contributed by atoms with Crippen molar-refractivity contribution in [2.24, 2.45) is 0 Å². The zero-order valence-corrected chi connectivity index (χ0v) is 24.5. The van der Waals surface area contributed by atoms with Crippen LogP contribution in [-0.4, -0.2) is 107 Å². The van der Waals surface area contributed by atoms with Crippen molar-refractivity contribution in [1.82, 2.24) is 4.90 Å². The molecule has 0 aromatic heterocycles. The van der Waals surface area contributed by atoms with E-state index in [0.717, 1.165) is 13.0 Å². The molecule has 4 N–H and O–H groups in total. The van der Waals surface area contributed by atoms with Gasteiger partial charge in [-0.2, -0.15) is 0 Å². The summed E-state index contributed by atoms with van der Waals surface area (Å²) in [5.74, 6) is -2.10. The number of phenols is 2. The highest BCUT2D eigenvalue weighted by Gasteiger charge is 2.56. The molecule has 0 bridgehead atoms. The Hall–Kier alpha value is -2.61. The van der Waals surface area contributed by atoms with Gasteiger partial charge in [-0.3, -0.25) is 9.59 Å². The number of ketones is 2. The highest BCUT2D eigenvalue weighted by Crippen LogP contribution is 2.40. The Bertz CT molecular complexity index is 1270. The van der Waals surface area contributed by atoms with Crippen LogP contribution in [0.25, 0.3) is 0 Å². The zero-order chi connectivity index (χ0) is 29.4. The van der Waals surface area contributed by atoms with Gasteiger partial charge < -0.3 is 44.3 Å². The lowest BCUT2D eigenvalue weighted by atomic mass is 9.82. The lowest BCUT2D eigenvalue weighted by Gasteiger charge is -2.28. The molecule has 5 rings (SSSR count). The summed E-state index contributed by atoms with van der Waals surface area (Å²) in [6.07, 6.45) is -2.17. The van der Waals surface area contributed by atoms with Crippen molar-refractivity contribution in [1.29, 1.82) is 0 Å². The molecule has 5 atom stereocenters. The Labute approximate surface area is 245 Å². The summed E-state index contributed by atoms with van der Waals surface area (Å²) in [5.41, 5.74) is 0.966. The number of rotatable bonds is 7. The normalized spacial score (nSPS) is 24.6. The topological polar surface area (TPSA) is 155 Å². The molecule has 41 heavy (non-hydrogen) atoms. The number of carbonyl (C=O) groups excluding carboxylic acids is 2. The molecule has 2 aliphatic heterocycles. The van der Waals surface area contributed by atoms with Gasteiger partial charge in [0.25, 0.3) is 0 Å². The molecule has 2 aromatic carbocycles. The van der Waals surface area contributed by atoms with Gasteiger partial charge in [0.2, 0.25) is 5.78 Å². The maximum atomic E-state index is 12.3. The van der Waals surface area contributed by atoms with Crippen molar-refractivity contribution in [2.75, 3.05) is 33.9 Å². The van der Waals surface area contributed by atoms with Gasteiger partial charge in [-0.15, -0.1) is 12.4 Å². The van der Waals surface area contributed by atoms with Crippen molar-refractivity contribution >= 4 is 24.0 Å². The SMILES string of the molecule is CN(C)CCCOC1C(C(O)CO)OC2OC(C)(C)OC21.Cc1cc(O)c2c(c1)C(=O)c1cccc(O)c1C2=O.Cl. The summed E-state index contributed by atoms with van der Waals surface area (Å²) in [6, 6.07) is 7.36. The van der Waals surface area contributed by atoms with E-state index in [4.69, 9.17) is 24.1 Å². The maximum absolute atomic E-state index is 12.3. The van der Waals surface area contributed by atoms with Crippen LogP contribution in [0.1, 0.15) is 57.7 Å². The third-order valence-electron chi connectivity index (χ3n) is 6.90. The van der Waals surface area contributed by atoms with Crippen molar-refractivity contribution in [2.45, 2.75) is 63.7 Å². The number of aryl methyl sites for hydroxylation is 1. The van der Waals surface area contributed by atoms with Crippen molar-refractivity contribution in [3.8, 4) is 11.5 Å². The van der Waals surface area contributed by atoms with Gasteiger partial charge in [-0.1, -0.05) is 12.1 Å². The fourth-order valence-electron chi connectivity index (χ4n) is 5.13. The highest BCUT2D eigenvalue weighted by molar-refractivity contribution is 6.30. The second-order valence-electron chi connectivity index (χ2n) is 10.9. The number of aromatic hydroxyl groups is 2. The van der Waals surface area contributed by atoms with E-state index in [9.17, 15) is 24.9 Å². The Morgan fingerprint density at radius 1 is 1.02 bits per heavy atom. The third-order valence-corrected chi connectivity index (χ3v) is 6.90. The van der Waals surface area contributed by atoms with Crippen LogP contribution in [0, 0.1) is 6.92 Å². The second-order valence-corrected chi connectivity index (χ2v) is 10.9. The second kappa shape index (κ2) is 13.1. The van der Waals surface area contributed by atoms with Gasteiger partial charge in [0.1, 0.15) is 35.9 Å². The molecule has 0 spiro atoms. The molecular formula is C29H38ClNO10. The van der Waals surface area contributed by atoms with E-state index in [1.165, 1.54) is 24.3 Å². The standard InChI is InChI=1S/C15H10O4.C14H27NO6.ClH/c1-7-5-9-13(11(17)6-7)15(19)12-8(14(9)18)3-2-4-10(12)16;1-14(2)20-12-11(18-7-5-6-15(3)4)10(9(17)8-16)19-13(12)21-14;/h2-6,16-17H,1H3;9-13,16-17H,5-8H2,1-4H3;1H. The minimum atomic E-state index is -1.01. The molecule has 2 heterocycles. The summed E-state index contributed by atoms with van der Waals surface area (Å²) >= 11 is 0. The van der Waals surface area contributed by atoms with Gasteiger partial charge in [-0.25, -0.2) is 0 Å². The number of ether oxygens (including phenoxy) is 4. The van der Waals surface area contributed by atoms with Gasteiger partial charge in [-0.05, 0) is 71.6 Å². The number of halogens is 1. The zero-order valence-electron chi connectivity index (χ0n) is 23.7. The Kier molecular flexibility index (Phi) is 10.5. The Morgan fingerprint density at radius 3 is 2.37 bits per heavy atom. The first-order valence-corrected chi connectivity index (χ1v) is 13.2. The van der Waals surface area contributed by atoms with Crippen molar-refractivity contribution in [3.05, 3.63) is 58.1 Å². The first-order chi connectivity index (χ1) is 18.8. The smallest absolute Gasteiger partial charge is 0.201 e. The molecule has 3 aliphatic rings. The number of aliphatic hydroxyl groups excluding tert-OH is 2. The first kappa shape index (κ1) is 32.9. The minimum absolute atomic E-state index is 0. The van der Waals surface area contributed by atoms with Gasteiger partial charge in [0.05, 0.1) is 17.7 Å². The Balaban J connectivity index is 0.000000221. The van der Waals surface area contributed by atoms with E-state index in [2.05, 4.69) is 4.90 Å². The van der Waals surface area contributed by atoms with Crippen molar-refractivity contribution < 1.29 is 49.0 Å². The maximum Gasteiger partial charge on any atom is 0.201 e. The molecule has 0 amide bonds. The number of nitrogens with zero attached hydrogens (tertiary/aromatic N) is 1. The number of hydrogen-bond acceptors (Lipinski definition) is 11. The van der Waals surface area contributed by atoms with Crippen LogP contribution >= 0.6 is 12.4 Å². The molecule has 12 heteroatoms. The lowest BCUT2D eigenvalue weighted by Crippen LogP contribution is -2.44. The van der Waals surface area contributed by atoms with Crippen LogP contribution in [0.15, 0.2) is 30.3 Å². The minimum Gasteiger partial charge on any atom is -0.507 e. The summed E-state index contributed by atoms with van der Waals surface area (Å²) < 4.78 is 23.0.